The van der Waals surface area contributed by atoms with Crippen molar-refractivity contribution in [3.05, 3.63) is 22.8 Å². The van der Waals surface area contributed by atoms with Gasteiger partial charge in [-0.15, -0.1) is 0 Å². The van der Waals surface area contributed by atoms with Crippen LogP contribution < -0.4 is 10.1 Å². The summed E-state index contributed by atoms with van der Waals surface area (Å²) in [6, 6.07) is 1.70. The third kappa shape index (κ3) is 2.86. The van der Waals surface area contributed by atoms with E-state index in [-0.39, 0.29) is 12.0 Å². The van der Waals surface area contributed by atoms with Crippen molar-refractivity contribution in [3.63, 3.8) is 0 Å². The molecule has 7 heteroatoms. The molecule has 3 rings (SSSR count). The Labute approximate surface area is 119 Å². The molecule has 3 heterocycles. The highest BCUT2D eigenvalue weighted by atomic mass is 35.5. The van der Waals surface area contributed by atoms with E-state index in [4.69, 9.17) is 16.3 Å². The Balaban J connectivity index is 1.75. The van der Waals surface area contributed by atoms with E-state index < -0.39 is 16.8 Å². The van der Waals surface area contributed by atoms with Crippen molar-refractivity contribution in [3.8, 4) is 5.88 Å². The summed E-state index contributed by atoms with van der Waals surface area (Å²) in [5.74, 6) is -0.00646. The molecule has 0 aromatic carbocycles. The minimum Gasteiger partial charge on any atom is -0.474 e. The van der Waals surface area contributed by atoms with Crippen LogP contribution in [0.5, 0.6) is 5.88 Å². The molecule has 0 aliphatic carbocycles. The molecule has 2 saturated heterocycles. The number of ether oxygens (including phenoxy) is 1. The smallest absolute Gasteiger partial charge is 0.418 e. The summed E-state index contributed by atoms with van der Waals surface area (Å²) in [6.07, 6.45) is 0.243. The lowest BCUT2D eigenvalue weighted by atomic mass is 10.0. The van der Waals surface area contributed by atoms with Gasteiger partial charge in [0.15, 0.2) is 0 Å². The molecule has 3 nitrogen and oxygen atoms in total. The lowest BCUT2D eigenvalue weighted by molar-refractivity contribution is -0.137. The van der Waals surface area contributed by atoms with Crippen LogP contribution in [0.2, 0.25) is 5.02 Å². The number of hydrogen-bond donors (Lipinski definition) is 1. The standard InChI is InChI=1S/C13H14ClF3N2O/c14-11-6-18-12(5-10(11)13(15,16)17)20-9-3-7-1-2-8(4-9)19-7/h5-9,19H,1-4H2. The fourth-order valence-corrected chi connectivity index (χ4v) is 3.18. The fourth-order valence-electron chi connectivity index (χ4n) is 2.97. The number of rotatable bonds is 2. The summed E-state index contributed by atoms with van der Waals surface area (Å²) in [5, 5.41) is 3.04. The lowest BCUT2D eigenvalue weighted by Crippen LogP contribution is -2.42. The maximum atomic E-state index is 12.8. The molecule has 0 spiro atoms. The molecule has 20 heavy (non-hydrogen) atoms. The second kappa shape index (κ2) is 5.07. The number of halogens is 4. The van der Waals surface area contributed by atoms with Crippen LogP contribution in [0, 0.1) is 0 Å². The van der Waals surface area contributed by atoms with Crippen molar-refractivity contribution in [1.29, 1.82) is 0 Å². The van der Waals surface area contributed by atoms with Crippen LogP contribution in [-0.2, 0) is 6.18 Å². The molecule has 2 aliphatic heterocycles. The summed E-state index contributed by atoms with van der Waals surface area (Å²) < 4.78 is 43.9. The summed E-state index contributed by atoms with van der Waals surface area (Å²) in [5.41, 5.74) is -0.902. The summed E-state index contributed by atoms with van der Waals surface area (Å²) in [4.78, 5) is 3.84. The van der Waals surface area contributed by atoms with Gasteiger partial charge >= 0.3 is 6.18 Å². The average molecular weight is 307 g/mol. The van der Waals surface area contributed by atoms with Crippen LogP contribution in [0.4, 0.5) is 13.2 Å². The topological polar surface area (TPSA) is 34.1 Å². The van der Waals surface area contributed by atoms with E-state index in [1.807, 2.05) is 0 Å². The first-order valence-electron chi connectivity index (χ1n) is 6.57. The summed E-state index contributed by atoms with van der Waals surface area (Å²) in [6.45, 7) is 0. The van der Waals surface area contributed by atoms with Crippen LogP contribution >= 0.6 is 11.6 Å². The number of hydrogen-bond acceptors (Lipinski definition) is 3. The van der Waals surface area contributed by atoms with Crippen molar-refractivity contribution < 1.29 is 17.9 Å². The molecule has 0 saturated carbocycles. The molecule has 1 aromatic rings. The first-order chi connectivity index (χ1) is 9.41. The minimum atomic E-state index is -4.49. The van der Waals surface area contributed by atoms with Crippen LogP contribution in [0.3, 0.4) is 0 Å². The Kier molecular flexibility index (Phi) is 3.54. The Morgan fingerprint density at radius 3 is 2.50 bits per heavy atom. The lowest BCUT2D eigenvalue weighted by Gasteiger charge is -2.29. The van der Waals surface area contributed by atoms with Gasteiger partial charge in [0.2, 0.25) is 5.88 Å². The van der Waals surface area contributed by atoms with E-state index in [2.05, 4.69) is 10.3 Å². The van der Waals surface area contributed by atoms with Crippen molar-refractivity contribution in [2.75, 3.05) is 0 Å². The fraction of sp³-hybridized carbons (Fsp3) is 0.615. The summed E-state index contributed by atoms with van der Waals surface area (Å²) >= 11 is 5.53. The highest BCUT2D eigenvalue weighted by Gasteiger charge is 2.36. The highest BCUT2D eigenvalue weighted by Crippen LogP contribution is 2.36. The molecule has 0 radical (unpaired) electrons. The maximum Gasteiger partial charge on any atom is 0.418 e. The zero-order valence-corrected chi connectivity index (χ0v) is 11.3. The average Bonchev–Trinajstić information content (AvgIpc) is 2.70. The third-order valence-electron chi connectivity index (χ3n) is 3.85. The van der Waals surface area contributed by atoms with Gasteiger partial charge in [0, 0.05) is 18.2 Å². The van der Waals surface area contributed by atoms with E-state index in [1.54, 1.807) is 0 Å². The van der Waals surface area contributed by atoms with Crippen LogP contribution in [0.15, 0.2) is 12.3 Å². The Hall–Kier alpha value is -1.01. The van der Waals surface area contributed by atoms with Gasteiger partial charge in [-0.1, -0.05) is 11.6 Å². The molecule has 1 aromatic heterocycles. The predicted octanol–water partition coefficient (Wildman–Crippen LogP) is 3.42. The second-order valence-corrected chi connectivity index (χ2v) is 5.76. The van der Waals surface area contributed by atoms with Crippen molar-refractivity contribution >= 4 is 11.6 Å². The van der Waals surface area contributed by atoms with E-state index in [9.17, 15) is 13.2 Å². The van der Waals surface area contributed by atoms with E-state index in [0.717, 1.165) is 37.9 Å². The van der Waals surface area contributed by atoms with Gasteiger partial charge in [0.1, 0.15) is 6.10 Å². The molecule has 0 amide bonds. The van der Waals surface area contributed by atoms with Gasteiger partial charge in [-0.3, -0.25) is 0 Å². The SMILES string of the molecule is FC(F)(F)c1cc(OC2CC3CCC(C2)N3)ncc1Cl. The van der Waals surface area contributed by atoms with Crippen LogP contribution in [0.1, 0.15) is 31.2 Å². The zero-order valence-electron chi connectivity index (χ0n) is 10.6. The molecule has 2 aliphatic rings. The van der Waals surface area contributed by atoms with E-state index >= 15 is 0 Å². The van der Waals surface area contributed by atoms with Crippen LogP contribution in [0.25, 0.3) is 0 Å². The second-order valence-electron chi connectivity index (χ2n) is 5.35. The molecule has 2 bridgehead atoms. The van der Waals surface area contributed by atoms with Gasteiger partial charge in [-0.25, -0.2) is 4.98 Å². The number of alkyl halides is 3. The molecular weight excluding hydrogens is 293 g/mol. The third-order valence-corrected chi connectivity index (χ3v) is 4.15. The molecule has 1 N–H and O–H groups in total. The molecule has 110 valence electrons. The Bertz CT molecular complexity index is 497. The number of nitrogens with zero attached hydrogens (tertiary/aromatic N) is 1. The molecule has 2 unspecified atom stereocenters. The molecule has 2 atom stereocenters. The number of fused-ring (bicyclic) bond motifs is 2. The quantitative estimate of drug-likeness (QED) is 0.909. The number of piperidine rings is 1. The van der Waals surface area contributed by atoms with Crippen LogP contribution in [-0.4, -0.2) is 23.2 Å². The molecule has 2 fully saturated rings. The van der Waals surface area contributed by atoms with Crippen molar-refractivity contribution in [2.45, 2.75) is 50.0 Å². The maximum absolute atomic E-state index is 12.8. The number of nitrogens with one attached hydrogen (secondary N) is 1. The van der Waals surface area contributed by atoms with Gasteiger partial charge in [-0.2, -0.15) is 13.2 Å². The first-order valence-corrected chi connectivity index (χ1v) is 6.95. The number of pyridine rings is 1. The first kappa shape index (κ1) is 13.9. The monoisotopic (exact) mass is 306 g/mol. The van der Waals surface area contributed by atoms with Gasteiger partial charge < -0.3 is 10.1 Å². The van der Waals surface area contributed by atoms with Gasteiger partial charge in [0.25, 0.3) is 0 Å². The van der Waals surface area contributed by atoms with E-state index in [1.165, 1.54) is 0 Å². The van der Waals surface area contributed by atoms with Crippen molar-refractivity contribution in [1.82, 2.24) is 10.3 Å². The largest absolute Gasteiger partial charge is 0.474 e. The van der Waals surface area contributed by atoms with Crippen molar-refractivity contribution in [2.24, 2.45) is 0 Å². The van der Waals surface area contributed by atoms with Gasteiger partial charge in [-0.05, 0) is 25.7 Å². The van der Waals surface area contributed by atoms with Gasteiger partial charge in [0.05, 0.1) is 16.8 Å². The molecular formula is C13H14ClF3N2O. The Morgan fingerprint density at radius 2 is 1.90 bits per heavy atom. The summed E-state index contributed by atoms with van der Waals surface area (Å²) in [7, 11) is 0. The van der Waals surface area contributed by atoms with E-state index in [0.29, 0.717) is 12.1 Å². The zero-order chi connectivity index (χ0) is 14.3. The number of aromatic nitrogens is 1. The Morgan fingerprint density at radius 1 is 1.25 bits per heavy atom. The predicted molar refractivity (Wildman–Crippen MR) is 67.8 cm³/mol. The minimum absolute atomic E-state index is 0.00646. The highest BCUT2D eigenvalue weighted by molar-refractivity contribution is 6.31. The normalized spacial score (nSPS) is 29.5.